The van der Waals surface area contributed by atoms with Crippen molar-refractivity contribution < 1.29 is 4.79 Å². The Bertz CT molecular complexity index is 647. The number of carbonyl (C=O) groups is 1. The molecule has 1 aliphatic carbocycles. The number of aromatic amines is 1. The number of nitrogens with zero attached hydrogens (tertiary/aromatic N) is 3. The molecule has 2 N–H and O–H groups in total. The summed E-state index contributed by atoms with van der Waals surface area (Å²) in [5.41, 5.74) is 0.754. The zero-order chi connectivity index (χ0) is 14.2. The number of imidazole rings is 1. The van der Waals surface area contributed by atoms with Crippen molar-refractivity contribution in [3.8, 4) is 0 Å². The minimum Gasteiger partial charge on any atom is -0.341 e. The average molecular weight is 294 g/mol. The largest absolute Gasteiger partial charge is 0.341 e. The zero-order valence-electron chi connectivity index (χ0n) is 11.2. The number of hydrogen-bond donors (Lipinski definition) is 2. The molecule has 6 nitrogen and oxygen atoms in total. The molecular weight excluding hydrogens is 278 g/mol. The standard InChI is InChI=1S/C13H16ClN5O/c1-2-13(5-3-4-6-13)11(20)19-12-17-9(14)8-10(18-12)16-7-15-8/h7H,2-6H2,1H3,(H2,15,16,17,18,19,20). The summed E-state index contributed by atoms with van der Waals surface area (Å²) < 4.78 is 0. The van der Waals surface area contributed by atoms with Gasteiger partial charge in [-0.05, 0) is 19.3 Å². The normalized spacial score (nSPS) is 17.5. The van der Waals surface area contributed by atoms with Crippen LogP contribution in [0.1, 0.15) is 39.0 Å². The van der Waals surface area contributed by atoms with Gasteiger partial charge in [0, 0.05) is 5.41 Å². The molecule has 0 atom stereocenters. The Morgan fingerprint density at radius 3 is 2.90 bits per heavy atom. The van der Waals surface area contributed by atoms with Crippen LogP contribution in [0.3, 0.4) is 0 Å². The summed E-state index contributed by atoms with van der Waals surface area (Å²) in [5, 5.41) is 3.06. The molecule has 0 unspecified atom stereocenters. The highest BCUT2D eigenvalue weighted by molar-refractivity contribution is 6.33. The molecule has 1 saturated carbocycles. The number of nitrogens with one attached hydrogen (secondary N) is 2. The van der Waals surface area contributed by atoms with Gasteiger partial charge in [0.1, 0.15) is 5.52 Å². The number of carbonyl (C=O) groups excluding carboxylic acids is 1. The summed E-state index contributed by atoms with van der Waals surface area (Å²) in [4.78, 5) is 27.7. The summed E-state index contributed by atoms with van der Waals surface area (Å²) in [5.74, 6) is 0.211. The summed E-state index contributed by atoms with van der Waals surface area (Å²) in [7, 11) is 0. The first-order valence-electron chi connectivity index (χ1n) is 6.83. The first-order valence-corrected chi connectivity index (χ1v) is 7.20. The summed E-state index contributed by atoms with van der Waals surface area (Å²) >= 11 is 6.04. The quantitative estimate of drug-likeness (QED) is 0.852. The van der Waals surface area contributed by atoms with Crippen molar-refractivity contribution in [2.75, 3.05) is 5.32 Å². The van der Waals surface area contributed by atoms with Crippen LogP contribution < -0.4 is 5.32 Å². The van der Waals surface area contributed by atoms with Crippen molar-refractivity contribution in [3.05, 3.63) is 11.5 Å². The number of aromatic nitrogens is 4. The number of anilines is 1. The Morgan fingerprint density at radius 2 is 2.20 bits per heavy atom. The van der Waals surface area contributed by atoms with Gasteiger partial charge in [0.15, 0.2) is 10.8 Å². The molecule has 0 radical (unpaired) electrons. The fourth-order valence-corrected chi connectivity index (χ4v) is 3.10. The molecule has 1 aliphatic rings. The number of H-pyrrole nitrogens is 1. The third-order valence-electron chi connectivity index (χ3n) is 4.19. The lowest BCUT2D eigenvalue weighted by molar-refractivity contribution is -0.125. The average Bonchev–Trinajstić information content (AvgIpc) is 3.08. The second-order valence-electron chi connectivity index (χ2n) is 5.23. The Hall–Kier alpha value is -1.69. The molecule has 2 aromatic rings. The Balaban J connectivity index is 1.87. The molecule has 106 valence electrons. The van der Waals surface area contributed by atoms with Crippen LogP contribution in [0.2, 0.25) is 5.15 Å². The van der Waals surface area contributed by atoms with Crippen molar-refractivity contribution in [1.82, 2.24) is 19.9 Å². The van der Waals surface area contributed by atoms with Gasteiger partial charge in [-0.1, -0.05) is 31.4 Å². The molecule has 2 aromatic heterocycles. The summed E-state index contributed by atoms with van der Waals surface area (Å²) in [6.45, 7) is 2.05. The van der Waals surface area contributed by atoms with Gasteiger partial charge in [0.2, 0.25) is 11.9 Å². The molecule has 1 amide bonds. The van der Waals surface area contributed by atoms with E-state index in [4.69, 9.17) is 11.6 Å². The lowest BCUT2D eigenvalue weighted by Crippen LogP contribution is -2.33. The van der Waals surface area contributed by atoms with Crippen LogP contribution in [-0.2, 0) is 4.79 Å². The van der Waals surface area contributed by atoms with Crippen molar-refractivity contribution >= 4 is 34.6 Å². The minimum atomic E-state index is -0.281. The molecule has 0 aromatic carbocycles. The van der Waals surface area contributed by atoms with E-state index in [1.165, 1.54) is 6.33 Å². The van der Waals surface area contributed by atoms with E-state index in [1.807, 2.05) is 0 Å². The highest BCUT2D eigenvalue weighted by Crippen LogP contribution is 2.41. The van der Waals surface area contributed by atoms with Gasteiger partial charge in [-0.2, -0.15) is 9.97 Å². The van der Waals surface area contributed by atoms with Crippen LogP contribution >= 0.6 is 11.6 Å². The van der Waals surface area contributed by atoms with E-state index in [9.17, 15) is 4.79 Å². The van der Waals surface area contributed by atoms with Crippen LogP contribution in [0, 0.1) is 5.41 Å². The van der Waals surface area contributed by atoms with Crippen LogP contribution in [0.5, 0.6) is 0 Å². The van der Waals surface area contributed by atoms with E-state index in [2.05, 4.69) is 32.2 Å². The maximum absolute atomic E-state index is 12.5. The van der Waals surface area contributed by atoms with E-state index in [0.29, 0.717) is 11.2 Å². The van der Waals surface area contributed by atoms with Crippen LogP contribution in [0.15, 0.2) is 6.33 Å². The van der Waals surface area contributed by atoms with Gasteiger partial charge in [0.25, 0.3) is 0 Å². The lowest BCUT2D eigenvalue weighted by atomic mass is 9.82. The van der Waals surface area contributed by atoms with Crippen LogP contribution in [0.25, 0.3) is 11.2 Å². The number of rotatable bonds is 3. The van der Waals surface area contributed by atoms with Gasteiger partial charge < -0.3 is 4.98 Å². The summed E-state index contributed by atoms with van der Waals surface area (Å²) in [6.07, 6.45) is 6.38. The Kier molecular flexibility index (Phi) is 3.33. The highest BCUT2D eigenvalue weighted by Gasteiger charge is 2.39. The molecule has 0 saturated heterocycles. The molecule has 0 aliphatic heterocycles. The molecule has 7 heteroatoms. The maximum Gasteiger partial charge on any atom is 0.233 e. The molecule has 1 fully saturated rings. The van der Waals surface area contributed by atoms with E-state index < -0.39 is 0 Å². The molecule has 2 heterocycles. The maximum atomic E-state index is 12.5. The Morgan fingerprint density at radius 1 is 1.45 bits per heavy atom. The van der Waals surface area contributed by atoms with E-state index in [-0.39, 0.29) is 22.4 Å². The minimum absolute atomic E-state index is 0.0107. The third-order valence-corrected chi connectivity index (χ3v) is 4.46. The van der Waals surface area contributed by atoms with Crippen LogP contribution in [0.4, 0.5) is 5.95 Å². The number of amides is 1. The van der Waals surface area contributed by atoms with Crippen LogP contribution in [-0.4, -0.2) is 25.8 Å². The third kappa shape index (κ3) is 2.14. The first-order chi connectivity index (χ1) is 9.64. The van der Waals surface area contributed by atoms with E-state index in [0.717, 1.165) is 32.1 Å². The van der Waals surface area contributed by atoms with Gasteiger partial charge in [0.05, 0.1) is 6.33 Å². The van der Waals surface area contributed by atoms with Gasteiger partial charge >= 0.3 is 0 Å². The van der Waals surface area contributed by atoms with Gasteiger partial charge in [-0.15, -0.1) is 0 Å². The molecular formula is C13H16ClN5O. The van der Waals surface area contributed by atoms with E-state index in [1.54, 1.807) is 0 Å². The highest BCUT2D eigenvalue weighted by atomic mass is 35.5. The van der Waals surface area contributed by atoms with Gasteiger partial charge in [-0.3, -0.25) is 10.1 Å². The van der Waals surface area contributed by atoms with E-state index >= 15 is 0 Å². The van der Waals surface area contributed by atoms with Crippen molar-refractivity contribution in [1.29, 1.82) is 0 Å². The summed E-state index contributed by atoms with van der Waals surface area (Å²) in [6, 6.07) is 0. The zero-order valence-corrected chi connectivity index (χ0v) is 12.0. The Labute approximate surface area is 121 Å². The number of hydrogen-bond acceptors (Lipinski definition) is 4. The fraction of sp³-hybridized carbons (Fsp3) is 0.538. The first kappa shape index (κ1) is 13.3. The number of halogens is 1. The fourth-order valence-electron chi connectivity index (χ4n) is 2.88. The predicted molar refractivity (Wildman–Crippen MR) is 76.5 cm³/mol. The smallest absolute Gasteiger partial charge is 0.233 e. The molecule has 20 heavy (non-hydrogen) atoms. The van der Waals surface area contributed by atoms with Gasteiger partial charge in [-0.25, -0.2) is 4.98 Å². The second kappa shape index (κ2) is 5.01. The molecule has 3 rings (SSSR count). The molecule has 0 spiro atoms. The lowest BCUT2D eigenvalue weighted by Gasteiger charge is -2.25. The monoisotopic (exact) mass is 293 g/mol. The second-order valence-corrected chi connectivity index (χ2v) is 5.59. The molecule has 0 bridgehead atoms. The van der Waals surface area contributed by atoms with Crippen molar-refractivity contribution in [3.63, 3.8) is 0 Å². The predicted octanol–water partition coefficient (Wildman–Crippen LogP) is 2.92. The number of fused-ring (bicyclic) bond motifs is 1. The van der Waals surface area contributed by atoms with Crippen molar-refractivity contribution in [2.24, 2.45) is 5.41 Å². The topological polar surface area (TPSA) is 83.6 Å². The SMILES string of the molecule is CCC1(C(=O)Nc2nc(Cl)c3[nH]cnc3n2)CCCC1. The van der Waals surface area contributed by atoms with Crippen molar-refractivity contribution in [2.45, 2.75) is 39.0 Å².